The number of rotatable bonds is 7. The van der Waals surface area contributed by atoms with E-state index in [4.69, 9.17) is 11.6 Å². The SMILES string of the molecule is C=C(CCC(=O)NNc1cccc(Cl)c1)C(O)c1ccccc1. The summed E-state index contributed by atoms with van der Waals surface area (Å²) >= 11 is 5.86. The number of aliphatic hydroxyl groups is 1. The average Bonchev–Trinajstić information content (AvgIpc) is 2.58. The Kier molecular flexibility index (Phi) is 6.20. The van der Waals surface area contributed by atoms with Crippen LogP contribution in [-0.2, 0) is 4.79 Å². The van der Waals surface area contributed by atoms with Gasteiger partial charge in [0.2, 0.25) is 5.91 Å². The number of aliphatic hydroxyl groups excluding tert-OH is 1. The Morgan fingerprint density at radius 3 is 2.57 bits per heavy atom. The molecule has 0 saturated heterocycles. The molecular weight excluding hydrogens is 312 g/mol. The number of hydrogen-bond donors (Lipinski definition) is 3. The zero-order chi connectivity index (χ0) is 16.7. The highest BCUT2D eigenvalue weighted by atomic mass is 35.5. The molecule has 0 aliphatic heterocycles. The van der Waals surface area contributed by atoms with E-state index in [0.717, 1.165) is 5.56 Å². The minimum Gasteiger partial charge on any atom is -0.384 e. The van der Waals surface area contributed by atoms with Gasteiger partial charge < -0.3 is 5.11 Å². The fourth-order valence-electron chi connectivity index (χ4n) is 2.05. The van der Waals surface area contributed by atoms with Crippen molar-refractivity contribution in [2.75, 3.05) is 5.43 Å². The van der Waals surface area contributed by atoms with Crippen LogP contribution in [0.25, 0.3) is 0 Å². The predicted octanol–water partition coefficient (Wildman–Crippen LogP) is 3.85. The third kappa shape index (κ3) is 5.43. The van der Waals surface area contributed by atoms with E-state index in [-0.39, 0.29) is 12.3 Å². The highest BCUT2D eigenvalue weighted by Gasteiger charge is 2.12. The first kappa shape index (κ1) is 17.1. The van der Waals surface area contributed by atoms with Gasteiger partial charge in [-0.25, -0.2) is 0 Å². The summed E-state index contributed by atoms with van der Waals surface area (Å²) in [5.41, 5.74) is 7.47. The van der Waals surface area contributed by atoms with Gasteiger partial charge in [-0.05, 0) is 35.8 Å². The highest BCUT2D eigenvalue weighted by Crippen LogP contribution is 2.23. The van der Waals surface area contributed by atoms with Gasteiger partial charge in [-0.1, -0.05) is 54.6 Å². The monoisotopic (exact) mass is 330 g/mol. The molecule has 0 bridgehead atoms. The minimum atomic E-state index is -0.759. The van der Waals surface area contributed by atoms with Gasteiger partial charge in [0, 0.05) is 11.4 Å². The molecule has 1 amide bonds. The molecule has 0 saturated carbocycles. The number of anilines is 1. The van der Waals surface area contributed by atoms with Crippen LogP contribution in [0, 0.1) is 0 Å². The summed E-state index contributed by atoms with van der Waals surface area (Å²) in [5.74, 6) is -0.189. The number of benzene rings is 2. The van der Waals surface area contributed by atoms with E-state index in [9.17, 15) is 9.90 Å². The van der Waals surface area contributed by atoms with Crippen molar-refractivity contribution < 1.29 is 9.90 Å². The largest absolute Gasteiger partial charge is 0.384 e. The number of halogens is 1. The molecule has 3 N–H and O–H groups in total. The van der Waals surface area contributed by atoms with Crippen LogP contribution in [0.4, 0.5) is 5.69 Å². The van der Waals surface area contributed by atoms with Gasteiger partial charge in [0.15, 0.2) is 0 Å². The molecule has 5 heteroatoms. The molecular formula is C18H19ClN2O2. The normalized spacial score (nSPS) is 11.6. The first-order valence-corrected chi connectivity index (χ1v) is 7.65. The first-order chi connectivity index (χ1) is 11.1. The van der Waals surface area contributed by atoms with Crippen molar-refractivity contribution in [3.05, 3.63) is 77.3 Å². The lowest BCUT2D eigenvalue weighted by atomic mass is 9.99. The fraction of sp³-hybridized carbons (Fsp3) is 0.167. The molecule has 0 spiro atoms. The lowest BCUT2D eigenvalue weighted by Gasteiger charge is -2.14. The molecule has 120 valence electrons. The van der Waals surface area contributed by atoms with E-state index in [0.29, 0.717) is 22.7 Å². The molecule has 2 aromatic rings. The summed E-state index contributed by atoms with van der Waals surface area (Å²) in [4.78, 5) is 11.8. The van der Waals surface area contributed by atoms with Crippen molar-refractivity contribution in [3.63, 3.8) is 0 Å². The van der Waals surface area contributed by atoms with Crippen LogP contribution in [0.2, 0.25) is 5.02 Å². The second kappa shape index (κ2) is 8.36. The van der Waals surface area contributed by atoms with Crippen molar-refractivity contribution in [3.8, 4) is 0 Å². The Morgan fingerprint density at radius 1 is 1.13 bits per heavy atom. The maximum Gasteiger partial charge on any atom is 0.238 e. The van der Waals surface area contributed by atoms with Crippen molar-refractivity contribution in [2.24, 2.45) is 0 Å². The summed E-state index contributed by atoms with van der Waals surface area (Å²) in [5, 5.41) is 10.8. The maximum absolute atomic E-state index is 11.8. The van der Waals surface area contributed by atoms with Crippen LogP contribution in [0.15, 0.2) is 66.7 Å². The highest BCUT2D eigenvalue weighted by molar-refractivity contribution is 6.30. The van der Waals surface area contributed by atoms with Gasteiger partial charge in [0.1, 0.15) is 0 Å². The van der Waals surface area contributed by atoms with Crippen molar-refractivity contribution in [1.82, 2.24) is 5.43 Å². The average molecular weight is 331 g/mol. The van der Waals surface area contributed by atoms with Gasteiger partial charge in [-0.3, -0.25) is 15.6 Å². The Labute approximate surface area is 140 Å². The summed E-state index contributed by atoms with van der Waals surface area (Å²) in [6.07, 6.45) is -0.125. The molecule has 0 radical (unpaired) electrons. The van der Waals surface area contributed by atoms with Crippen LogP contribution >= 0.6 is 11.6 Å². The van der Waals surface area contributed by atoms with Gasteiger partial charge >= 0.3 is 0 Å². The number of nitrogens with one attached hydrogen (secondary N) is 2. The lowest BCUT2D eigenvalue weighted by Crippen LogP contribution is -2.29. The van der Waals surface area contributed by atoms with Gasteiger partial charge in [0.05, 0.1) is 11.8 Å². The van der Waals surface area contributed by atoms with Crippen LogP contribution < -0.4 is 10.9 Å². The van der Waals surface area contributed by atoms with Gasteiger partial charge in [-0.15, -0.1) is 0 Å². The first-order valence-electron chi connectivity index (χ1n) is 7.27. The number of carbonyl (C=O) groups excluding carboxylic acids is 1. The minimum absolute atomic E-state index is 0.189. The molecule has 23 heavy (non-hydrogen) atoms. The molecule has 1 atom stereocenters. The molecule has 2 rings (SSSR count). The number of carbonyl (C=O) groups is 1. The summed E-state index contributed by atoms with van der Waals surface area (Å²) in [6.45, 7) is 3.86. The van der Waals surface area contributed by atoms with E-state index in [1.807, 2.05) is 30.3 Å². The second-order valence-corrected chi connectivity index (χ2v) is 5.59. The van der Waals surface area contributed by atoms with Crippen molar-refractivity contribution >= 4 is 23.2 Å². The predicted molar refractivity (Wildman–Crippen MR) is 93.0 cm³/mol. The zero-order valence-electron chi connectivity index (χ0n) is 12.6. The lowest BCUT2D eigenvalue weighted by molar-refractivity contribution is -0.120. The summed E-state index contributed by atoms with van der Waals surface area (Å²) in [7, 11) is 0. The van der Waals surface area contributed by atoms with E-state index in [1.54, 1.807) is 24.3 Å². The van der Waals surface area contributed by atoms with Gasteiger partial charge in [-0.2, -0.15) is 0 Å². The van der Waals surface area contributed by atoms with E-state index >= 15 is 0 Å². The van der Waals surface area contributed by atoms with Crippen LogP contribution in [0.1, 0.15) is 24.5 Å². The molecule has 1 unspecified atom stereocenters. The van der Waals surface area contributed by atoms with Crippen molar-refractivity contribution in [2.45, 2.75) is 18.9 Å². The van der Waals surface area contributed by atoms with Crippen LogP contribution in [-0.4, -0.2) is 11.0 Å². The Bertz CT molecular complexity index is 674. The Balaban J connectivity index is 1.76. The third-order valence-electron chi connectivity index (χ3n) is 3.35. The van der Waals surface area contributed by atoms with Gasteiger partial charge in [0.25, 0.3) is 0 Å². The Hall–Kier alpha value is -2.30. The molecule has 0 aliphatic carbocycles. The zero-order valence-corrected chi connectivity index (χ0v) is 13.4. The summed E-state index contributed by atoms with van der Waals surface area (Å²) in [6, 6.07) is 16.3. The maximum atomic E-state index is 11.8. The summed E-state index contributed by atoms with van der Waals surface area (Å²) < 4.78 is 0. The number of hydrazine groups is 1. The van der Waals surface area contributed by atoms with E-state index < -0.39 is 6.10 Å². The molecule has 2 aromatic carbocycles. The number of amides is 1. The molecule has 4 nitrogen and oxygen atoms in total. The molecule has 0 aliphatic rings. The van der Waals surface area contributed by atoms with Crippen LogP contribution in [0.3, 0.4) is 0 Å². The topological polar surface area (TPSA) is 61.4 Å². The molecule has 0 heterocycles. The number of hydrogen-bond acceptors (Lipinski definition) is 3. The van der Waals surface area contributed by atoms with Crippen LogP contribution in [0.5, 0.6) is 0 Å². The van der Waals surface area contributed by atoms with E-state index in [1.165, 1.54) is 0 Å². The quantitative estimate of drug-likeness (QED) is 0.533. The molecule has 0 aromatic heterocycles. The Morgan fingerprint density at radius 2 is 1.87 bits per heavy atom. The van der Waals surface area contributed by atoms with Crippen molar-refractivity contribution in [1.29, 1.82) is 0 Å². The smallest absolute Gasteiger partial charge is 0.238 e. The standard InChI is InChI=1S/C18H19ClN2O2/c1-13(18(23)14-6-3-2-4-7-14)10-11-17(22)21-20-16-9-5-8-15(19)12-16/h2-9,12,18,20,23H,1,10-11H2,(H,21,22). The second-order valence-electron chi connectivity index (χ2n) is 5.15. The molecule has 0 fully saturated rings. The third-order valence-corrected chi connectivity index (χ3v) is 3.58. The fourth-order valence-corrected chi connectivity index (χ4v) is 2.24. The van der Waals surface area contributed by atoms with E-state index in [2.05, 4.69) is 17.4 Å².